The molecule has 106 valence electrons. The van der Waals surface area contributed by atoms with E-state index in [1.54, 1.807) is 6.08 Å². The summed E-state index contributed by atoms with van der Waals surface area (Å²) in [5.74, 6) is -0.921. The summed E-state index contributed by atoms with van der Waals surface area (Å²) in [4.78, 5) is 24.2. The van der Waals surface area contributed by atoms with Crippen LogP contribution in [0.3, 0.4) is 0 Å². The van der Waals surface area contributed by atoms with E-state index in [1.165, 1.54) is 0 Å². The second-order valence-corrected chi connectivity index (χ2v) is 4.78. The molecule has 1 aromatic rings. The van der Waals surface area contributed by atoms with Gasteiger partial charge in [-0.1, -0.05) is 24.3 Å². The molecule has 0 spiro atoms. The lowest BCUT2D eigenvalue weighted by atomic mass is 10.1. The number of aliphatic carboxylic acids is 1. The van der Waals surface area contributed by atoms with Crippen molar-refractivity contribution < 1.29 is 14.7 Å². The molecule has 0 radical (unpaired) electrons. The first-order chi connectivity index (χ1) is 9.65. The molecule has 5 nitrogen and oxygen atoms in total. The van der Waals surface area contributed by atoms with Crippen LogP contribution in [0.4, 0.5) is 0 Å². The highest BCUT2D eigenvalue weighted by Crippen LogP contribution is 2.14. The molecule has 0 aliphatic carbocycles. The number of carboxylic acids is 1. The molecule has 0 aromatic heterocycles. The maximum atomic E-state index is 11.5. The minimum atomic E-state index is -0.964. The van der Waals surface area contributed by atoms with Crippen LogP contribution in [0.5, 0.6) is 0 Å². The van der Waals surface area contributed by atoms with Gasteiger partial charge in [0.2, 0.25) is 5.91 Å². The number of carbonyl (C=O) groups is 2. The van der Waals surface area contributed by atoms with Gasteiger partial charge in [0, 0.05) is 25.7 Å². The summed E-state index contributed by atoms with van der Waals surface area (Å²) >= 11 is 0. The average Bonchev–Trinajstić information content (AvgIpc) is 2.62. The van der Waals surface area contributed by atoms with E-state index in [0.717, 1.165) is 36.7 Å². The highest BCUT2D eigenvalue weighted by Gasteiger charge is 2.15. The van der Waals surface area contributed by atoms with E-state index in [1.807, 2.05) is 24.3 Å². The van der Waals surface area contributed by atoms with Crippen molar-refractivity contribution in [3.63, 3.8) is 0 Å². The van der Waals surface area contributed by atoms with Crippen molar-refractivity contribution in [2.24, 2.45) is 0 Å². The van der Waals surface area contributed by atoms with Gasteiger partial charge in [-0.2, -0.15) is 0 Å². The van der Waals surface area contributed by atoms with Crippen LogP contribution in [0, 0.1) is 0 Å². The molecular formula is C15H18N2O3. The minimum Gasteiger partial charge on any atom is -0.478 e. The molecule has 1 aliphatic heterocycles. The summed E-state index contributed by atoms with van der Waals surface area (Å²) in [6, 6.07) is 7.64. The van der Waals surface area contributed by atoms with Gasteiger partial charge in [-0.05, 0) is 23.6 Å². The molecule has 1 amide bonds. The number of hydrogen-bond donors (Lipinski definition) is 2. The van der Waals surface area contributed by atoms with E-state index >= 15 is 0 Å². The molecular weight excluding hydrogens is 256 g/mol. The third-order valence-electron chi connectivity index (χ3n) is 3.20. The number of rotatable bonds is 4. The predicted octanol–water partition coefficient (Wildman–Crippen LogP) is 1.11. The Morgan fingerprint density at radius 1 is 1.40 bits per heavy atom. The molecule has 2 rings (SSSR count). The zero-order valence-corrected chi connectivity index (χ0v) is 11.2. The highest BCUT2D eigenvalue weighted by atomic mass is 16.4. The van der Waals surface area contributed by atoms with E-state index in [-0.39, 0.29) is 5.91 Å². The number of benzene rings is 1. The van der Waals surface area contributed by atoms with Gasteiger partial charge in [0.1, 0.15) is 0 Å². The largest absolute Gasteiger partial charge is 0.478 e. The Morgan fingerprint density at radius 2 is 2.20 bits per heavy atom. The number of nitrogens with one attached hydrogen (secondary N) is 1. The molecule has 0 saturated carbocycles. The molecule has 1 saturated heterocycles. The number of amides is 1. The third kappa shape index (κ3) is 4.20. The Kier molecular flexibility index (Phi) is 4.90. The zero-order chi connectivity index (χ0) is 14.4. The summed E-state index contributed by atoms with van der Waals surface area (Å²) in [6.45, 7) is 2.61. The van der Waals surface area contributed by atoms with Crippen molar-refractivity contribution in [3.05, 3.63) is 41.5 Å². The first-order valence-corrected chi connectivity index (χ1v) is 6.63. The van der Waals surface area contributed by atoms with Crippen LogP contribution in [0.1, 0.15) is 17.5 Å². The molecule has 1 fully saturated rings. The standard InChI is InChI=1S/C15H18N2O3/c18-14-11-17(9-3-8-16-14)10-13-5-2-1-4-12(13)6-7-15(19)20/h1-2,4-7H,3,8-11H2,(H,16,18)(H,19,20). The highest BCUT2D eigenvalue weighted by molar-refractivity contribution is 5.85. The number of carbonyl (C=O) groups excluding carboxylic acids is 1. The van der Waals surface area contributed by atoms with E-state index in [2.05, 4.69) is 10.2 Å². The average molecular weight is 274 g/mol. The predicted molar refractivity (Wildman–Crippen MR) is 76.0 cm³/mol. The van der Waals surface area contributed by atoms with Crippen LogP contribution < -0.4 is 5.32 Å². The van der Waals surface area contributed by atoms with Crippen molar-refractivity contribution in [1.82, 2.24) is 10.2 Å². The SMILES string of the molecule is O=C(O)C=Cc1ccccc1CN1CCCNC(=O)C1. The fraction of sp³-hybridized carbons (Fsp3) is 0.333. The number of nitrogens with zero attached hydrogens (tertiary/aromatic N) is 1. The van der Waals surface area contributed by atoms with Gasteiger partial charge < -0.3 is 10.4 Å². The smallest absolute Gasteiger partial charge is 0.328 e. The van der Waals surface area contributed by atoms with Crippen molar-refractivity contribution in [2.45, 2.75) is 13.0 Å². The van der Waals surface area contributed by atoms with Gasteiger partial charge >= 0.3 is 5.97 Å². The van der Waals surface area contributed by atoms with Crippen LogP contribution >= 0.6 is 0 Å². The quantitative estimate of drug-likeness (QED) is 0.807. The first kappa shape index (κ1) is 14.3. The second-order valence-electron chi connectivity index (χ2n) is 4.78. The second kappa shape index (κ2) is 6.86. The Bertz CT molecular complexity index is 526. The van der Waals surface area contributed by atoms with E-state index in [9.17, 15) is 9.59 Å². The summed E-state index contributed by atoms with van der Waals surface area (Å²) in [6.07, 6.45) is 3.66. The Labute approximate surface area is 117 Å². The normalized spacial score (nSPS) is 16.9. The summed E-state index contributed by atoms with van der Waals surface area (Å²) in [5, 5.41) is 11.6. The van der Waals surface area contributed by atoms with Gasteiger partial charge in [-0.15, -0.1) is 0 Å². The molecule has 5 heteroatoms. The maximum Gasteiger partial charge on any atom is 0.328 e. The molecule has 0 unspecified atom stereocenters. The Hall–Kier alpha value is -2.14. The number of carboxylic acid groups (broad SMARTS) is 1. The molecule has 1 heterocycles. The van der Waals surface area contributed by atoms with Crippen LogP contribution in [0.2, 0.25) is 0 Å². The fourth-order valence-electron chi connectivity index (χ4n) is 2.25. The van der Waals surface area contributed by atoms with Crippen molar-refractivity contribution >= 4 is 18.0 Å². The van der Waals surface area contributed by atoms with Gasteiger partial charge in [0.15, 0.2) is 0 Å². The van der Waals surface area contributed by atoms with Crippen molar-refractivity contribution in [3.8, 4) is 0 Å². The van der Waals surface area contributed by atoms with Crippen molar-refractivity contribution in [2.75, 3.05) is 19.6 Å². The van der Waals surface area contributed by atoms with Gasteiger partial charge in [0.25, 0.3) is 0 Å². The van der Waals surface area contributed by atoms with Crippen LogP contribution in [0.25, 0.3) is 6.08 Å². The lowest BCUT2D eigenvalue weighted by Gasteiger charge is -2.19. The van der Waals surface area contributed by atoms with Crippen LogP contribution in [-0.2, 0) is 16.1 Å². The molecule has 2 N–H and O–H groups in total. The number of hydrogen-bond acceptors (Lipinski definition) is 3. The Morgan fingerprint density at radius 3 is 3.00 bits per heavy atom. The molecule has 1 aliphatic rings. The maximum absolute atomic E-state index is 11.5. The van der Waals surface area contributed by atoms with E-state index in [0.29, 0.717) is 13.1 Å². The molecule has 0 bridgehead atoms. The van der Waals surface area contributed by atoms with E-state index in [4.69, 9.17) is 5.11 Å². The van der Waals surface area contributed by atoms with Gasteiger partial charge in [0.05, 0.1) is 6.54 Å². The zero-order valence-electron chi connectivity index (χ0n) is 11.2. The third-order valence-corrected chi connectivity index (χ3v) is 3.20. The molecule has 0 atom stereocenters. The topological polar surface area (TPSA) is 69.6 Å². The fourth-order valence-corrected chi connectivity index (χ4v) is 2.25. The summed E-state index contributed by atoms with van der Waals surface area (Å²) in [5.41, 5.74) is 1.90. The van der Waals surface area contributed by atoms with Gasteiger partial charge in [-0.3, -0.25) is 9.69 Å². The monoisotopic (exact) mass is 274 g/mol. The first-order valence-electron chi connectivity index (χ1n) is 6.63. The molecule has 20 heavy (non-hydrogen) atoms. The van der Waals surface area contributed by atoms with Crippen LogP contribution in [0.15, 0.2) is 30.3 Å². The van der Waals surface area contributed by atoms with Crippen molar-refractivity contribution in [1.29, 1.82) is 0 Å². The van der Waals surface area contributed by atoms with Crippen LogP contribution in [-0.4, -0.2) is 41.5 Å². The van der Waals surface area contributed by atoms with Gasteiger partial charge in [-0.25, -0.2) is 4.79 Å². The lowest BCUT2D eigenvalue weighted by molar-refractivity contribution is -0.131. The lowest BCUT2D eigenvalue weighted by Crippen LogP contribution is -2.32. The molecule has 1 aromatic carbocycles. The summed E-state index contributed by atoms with van der Waals surface area (Å²) < 4.78 is 0. The Balaban J connectivity index is 2.11. The summed E-state index contributed by atoms with van der Waals surface area (Å²) in [7, 11) is 0. The minimum absolute atomic E-state index is 0.0426. The van der Waals surface area contributed by atoms with E-state index < -0.39 is 5.97 Å².